The van der Waals surface area contributed by atoms with Crippen molar-refractivity contribution in [2.45, 2.75) is 59.5 Å². The summed E-state index contributed by atoms with van der Waals surface area (Å²) in [6.07, 6.45) is 1.75. The molecular formula is C26H30O8. The van der Waals surface area contributed by atoms with Gasteiger partial charge in [0, 0.05) is 11.1 Å². The number of carbonyl (C=O) groups is 2. The Hall–Kier alpha value is -3.52. The molecule has 0 aliphatic heterocycles. The Morgan fingerprint density at radius 2 is 1.68 bits per heavy atom. The molecule has 0 aliphatic carbocycles. The maximum atomic E-state index is 12.0. The first kappa shape index (κ1) is 25.1. The van der Waals surface area contributed by atoms with Crippen molar-refractivity contribution in [2.24, 2.45) is 0 Å². The van der Waals surface area contributed by atoms with Crippen LogP contribution in [0.25, 0.3) is 11.0 Å². The topological polar surface area (TPSA) is 126 Å². The van der Waals surface area contributed by atoms with Gasteiger partial charge in [0.25, 0.3) is 5.76 Å². The third kappa shape index (κ3) is 5.02. The second kappa shape index (κ2) is 10.6. The summed E-state index contributed by atoms with van der Waals surface area (Å²) in [5.74, 6) is -1.37. The van der Waals surface area contributed by atoms with Crippen LogP contribution in [0.1, 0.15) is 72.6 Å². The van der Waals surface area contributed by atoms with Gasteiger partial charge in [-0.2, -0.15) is 0 Å². The Labute approximate surface area is 197 Å². The number of benzene rings is 2. The second-order valence-corrected chi connectivity index (χ2v) is 8.24. The van der Waals surface area contributed by atoms with Crippen LogP contribution in [0.3, 0.4) is 0 Å². The average Bonchev–Trinajstić information content (AvgIpc) is 3.14. The average molecular weight is 471 g/mol. The van der Waals surface area contributed by atoms with Crippen molar-refractivity contribution in [3.05, 3.63) is 46.7 Å². The Morgan fingerprint density at radius 3 is 2.26 bits per heavy atom. The number of ketones is 1. The molecule has 0 aliphatic rings. The van der Waals surface area contributed by atoms with Gasteiger partial charge in [-0.1, -0.05) is 26.7 Å². The standard InChI is InChI=1S/C26H30O8/c1-5-7-17-21(12-9-16(15(4)28)22(17)29)33-24-19-10-11-20(32-13-14(3)27)18(8-6-2)23(19)34-25(24)26(30)31/h9-12,14,27,29H,5-8,13H2,1-4H3,(H,30,31). The number of aromatic carboxylic acids is 1. The fourth-order valence-corrected chi connectivity index (χ4v) is 3.85. The Balaban J connectivity index is 2.18. The van der Waals surface area contributed by atoms with Crippen molar-refractivity contribution in [1.29, 1.82) is 0 Å². The SMILES string of the molecule is CCCc1c(Oc2c(C(=O)O)oc3c(CCC)c(OCC(C)O)ccc23)ccc(C(C)=O)c1O. The minimum absolute atomic E-state index is 0.00857. The van der Waals surface area contributed by atoms with E-state index >= 15 is 0 Å². The number of phenols is 1. The van der Waals surface area contributed by atoms with Crippen LogP contribution in [0.4, 0.5) is 0 Å². The lowest BCUT2D eigenvalue weighted by molar-refractivity contribution is 0.0661. The highest BCUT2D eigenvalue weighted by Crippen LogP contribution is 2.43. The normalized spacial score (nSPS) is 12.0. The van der Waals surface area contributed by atoms with Gasteiger partial charge in [-0.3, -0.25) is 4.79 Å². The van der Waals surface area contributed by atoms with Crippen molar-refractivity contribution < 1.29 is 38.8 Å². The molecule has 34 heavy (non-hydrogen) atoms. The molecule has 2 aromatic carbocycles. The molecule has 0 saturated heterocycles. The van der Waals surface area contributed by atoms with Crippen LogP contribution < -0.4 is 9.47 Å². The van der Waals surface area contributed by atoms with Gasteiger partial charge in [-0.25, -0.2) is 4.79 Å². The monoisotopic (exact) mass is 470 g/mol. The number of aliphatic hydroxyl groups excluding tert-OH is 1. The van der Waals surface area contributed by atoms with Gasteiger partial charge in [-0.15, -0.1) is 0 Å². The summed E-state index contributed by atoms with van der Waals surface area (Å²) in [6.45, 7) is 6.96. The molecule has 8 nitrogen and oxygen atoms in total. The van der Waals surface area contributed by atoms with E-state index in [1.165, 1.54) is 13.0 Å². The molecule has 3 N–H and O–H groups in total. The molecule has 3 rings (SSSR count). The summed E-state index contributed by atoms with van der Waals surface area (Å²) in [5, 5.41) is 30.5. The summed E-state index contributed by atoms with van der Waals surface area (Å²) in [6, 6.07) is 6.37. The fourth-order valence-electron chi connectivity index (χ4n) is 3.85. The third-order valence-corrected chi connectivity index (χ3v) is 5.38. The zero-order valence-corrected chi connectivity index (χ0v) is 19.8. The van der Waals surface area contributed by atoms with E-state index in [0.717, 1.165) is 6.42 Å². The minimum atomic E-state index is -1.30. The first-order valence-corrected chi connectivity index (χ1v) is 11.4. The largest absolute Gasteiger partial charge is 0.507 e. The molecule has 0 spiro atoms. The molecule has 3 aromatic rings. The number of aliphatic hydroxyl groups is 1. The number of carbonyl (C=O) groups excluding carboxylic acids is 1. The first-order chi connectivity index (χ1) is 16.2. The Bertz CT molecular complexity index is 1210. The first-order valence-electron chi connectivity index (χ1n) is 11.4. The number of rotatable bonds is 11. The second-order valence-electron chi connectivity index (χ2n) is 8.24. The highest BCUT2D eigenvalue weighted by Gasteiger charge is 2.27. The fraction of sp³-hybridized carbons (Fsp3) is 0.385. The van der Waals surface area contributed by atoms with Crippen LogP contribution in [0.2, 0.25) is 0 Å². The quantitative estimate of drug-likeness (QED) is 0.314. The number of aromatic hydroxyl groups is 1. The number of carboxylic acid groups (broad SMARTS) is 1. The van der Waals surface area contributed by atoms with Crippen LogP contribution >= 0.6 is 0 Å². The lowest BCUT2D eigenvalue weighted by atomic mass is 10.0. The summed E-state index contributed by atoms with van der Waals surface area (Å²) in [5.41, 5.74) is 1.61. The van der Waals surface area contributed by atoms with E-state index in [9.17, 15) is 24.9 Å². The van der Waals surface area contributed by atoms with E-state index in [2.05, 4.69) is 0 Å². The summed E-state index contributed by atoms with van der Waals surface area (Å²) < 4.78 is 17.6. The molecule has 0 radical (unpaired) electrons. The molecule has 0 bridgehead atoms. The van der Waals surface area contributed by atoms with Gasteiger partial charge in [0.2, 0.25) is 0 Å². The van der Waals surface area contributed by atoms with Gasteiger partial charge in [0.05, 0.1) is 17.1 Å². The van der Waals surface area contributed by atoms with E-state index in [4.69, 9.17) is 13.9 Å². The highest BCUT2D eigenvalue weighted by molar-refractivity contribution is 6.00. The predicted molar refractivity (Wildman–Crippen MR) is 127 cm³/mol. The van der Waals surface area contributed by atoms with Crippen LogP contribution in [-0.4, -0.2) is 39.8 Å². The molecule has 1 aromatic heterocycles. The lowest BCUT2D eigenvalue weighted by Crippen LogP contribution is -2.13. The number of fused-ring (bicyclic) bond motifs is 1. The van der Waals surface area contributed by atoms with Crippen LogP contribution in [0, 0.1) is 0 Å². The summed E-state index contributed by atoms with van der Waals surface area (Å²) >= 11 is 0. The molecule has 8 heteroatoms. The number of hydrogen-bond acceptors (Lipinski definition) is 7. The smallest absolute Gasteiger partial charge is 0.375 e. The minimum Gasteiger partial charge on any atom is -0.507 e. The van der Waals surface area contributed by atoms with Crippen LogP contribution in [-0.2, 0) is 12.8 Å². The number of phenolic OH excluding ortho intramolecular Hbond substituents is 1. The number of hydrogen-bond donors (Lipinski definition) is 3. The Kier molecular flexibility index (Phi) is 7.83. The maximum Gasteiger partial charge on any atom is 0.375 e. The highest BCUT2D eigenvalue weighted by atomic mass is 16.5. The maximum absolute atomic E-state index is 12.0. The van der Waals surface area contributed by atoms with E-state index in [1.807, 2.05) is 13.8 Å². The molecule has 0 saturated carbocycles. The van der Waals surface area contributed by atoms with Gasteiger partial charge in [0.15, 0.2) is 11.5 Å². The number of carboxylic acids is 1. The number of Topliss-reactive ketones (excluding diaryl/α,β-unsaturated/α-hetero) is 1. The summed E-state index contributed by atoms with van der Waals surface area (Å²) in [4.78, 5) is 23.9. The van der Waals surface area contributed by atoms with Gasteiger partial charge >= 0.3 is 5.97 Å². The lowest BCUT2D eigenvalue weighted by Gasteiger charge is -2.15. The molecule has 0 amide bonds. The van der Waals surface area contributed by atoms with Gasteiger partial charge < -0.3 is 29.2 Å². The zero-order valence-electron chi connectivity index (χ0n) is 19.8. The Morgan fingerprint density at radius 1 is 1.03 bits per heavy atom. The molecule has 1 heterocycles. The van der Waals surface area contributed by atoms with Gasteiger partial charge in [-0.05, 0) is 51.0 Å². The van der Waals surface area contributed by atoms with E-state index in [0.29, 0.717) is 47.1 Å². The van der Waals surface area contributed by atoms with Crippen molar-refractivity contribution >= 4 is 22.7 Å². The molecule has 1 unspecified atom stereocenters. The van der Waals surface area contributed by atoms with Crippen molar-refractivity contribution in [3.63, 3.8) is 0 Å². The molecule has 0 fully saturated rings. The van der Waals surface area contributed by atoms with Crippen LogP contribution in [0.15, 0.2) is 28.7 Å². The zero-order chi connectivity index (χ0) is 25.0. The van der Waals surface area contributed by atoms with Crippen molar-refractivity contribution in [2.75, 3.05) is 6.61 Å². The third-order valence-electron chi connectivity index (χ3n) is 5.38. The van der Waals surface area contributed by atoms with Crippen molar-refractivity contribution in [3.8, 4) is 23.0 Å². The molecule has 1 atom stereocenters. The van der Waals surface area contributed by atoms with E-state index < -0.39 is 12.1 Å². The predicted octanol–water partition coefficient (Wildman–Crippen LogP) is 5.50. The number of ether oxygens (including phenoxy) is 2. The van der Waals surface area contributed by atoms with E-state index in [1.54, 1.807) is 25.1 Å². The molecular weight excluding hydrogens is 440 g/mol. The number of furan rings is 1. The van der Waals surface area contributed by atoms with Crippen LogP contribution in [0.5, 0.6) is 23.0 Å². The van der Waals surface area contributed by atoms with Gasteiger partial charge in [0.1, 0.15) is 29.4 Å². The summed E-state index contributed by atoms with van der Waals surface area (Å²) in [7, 11) is 0. The molecule has 182 valence electrons. The van der Waals surface area contributed by atoms with E-state index in [-0.39, 0.29) is 41.0 Å². The van der Waals surface area contributed by atoms with Crippen molar-refractivity contribution in [1.82, 2.24) is 0 Å². The number of aryl methyl sites for hydroxylation is 1.